The molecule has 0 bridgehead atoms. The van der Waals surface area contributed by atoms with E-state index in [9.17, 15) is 0 Å². The second-order valence-corrected chi connectivity index (χ2v) is 5.02. The van der Waals surface area contributed by atoms with Crippen LogP contribution in [0, 0.1) is 6.92 Å². The topological polar surface area (TPSA) is 21.3 Å². The zero-order valence-corrected chi connectivity index (χ0v) is 11.2. The Kier molecular flexibility index (Phi) is 6.53. The van der Waals surface area contributed by atoms with Gasteiger partial charge in [-0.15, -0.1) is 11.8 Å². The summed E-state index contributed by atoms with van der Waals surface area (Å²) in [6.45, 7) is 6.92. The predicted octanol–water partition coefficient (Wildman–Crippen LogP) is 2.84. The molecule has 90 valence electrons. The van der Waals surface area contributed by atoms with Gasteiger partial charge in [0, 0.05) is 25.1 Å². The third-order valence-electron chi connectivity index (χ3n) is 2.31. The average molecular weight is 239 g/mol. The molecule has 0 heterocycles. The van der Waals surface area contributed by atoms with E-state index in [0.29, 0.717) is 0 Å². The van der Waals surface area contributed by atoms with Crippen molar-refractivity contribution in [3.63, 3.8) is 0 Å². The van der Waals surface area contributed by atoms with Gasteiger partial charge in [0.15, 0.2) is 0 Å². The van der Waals surface area contributed by atoms with Crippen LogP contribution in [0.5, 0.6) is 0 Å². The summed E-state index contributed by atoms with van der Waals surface area (Å²) in [5, 5.41) is 3.39. The van der Waals surface area contributed by atoms with E-state index < -0.39 is 0 Å². The summed E-state index contributed by atoms with van der Waals surface area (Å²) < 4.78 is 5.01. The molecule has 0 spiro atoms. The normalized spacial score (nSPS) is 10.7. The van der Waals surface area contributed by atoms with E-state index >= 15 is 0 Å². The van der Waals surface area contributed by atoms with Crippen LogP contribution in [0.4, 0.5) is 0 Å². The molecule has 1 rings (SSSR count). The van der Waals surface area contributed by atoms with Gasteiger partial charge in [-0.25, -0.2) is 0 Å². The van der Waals surface area contributed by atoms with Gasteiger partial charge < -0.3 is 10.1 Å². The van der Waals surface area contributed by atoms with E-state index in [1.807, 2.05) is 11.8 Å². The maximum absolute atomic E-state index is 5.01. The number of aryl methyl sites for hydroxylation is 1. The summed E-state index contributed by atoms with van der Waals surface area (Å²) in [5.74, 6) is 1.12. The lowest BCUT2D eigenvalue weighted by Gasteiger charge is -2.10. The van der Waals surface area contributed by atoms with Gasteiger partial charge >= 0.3 is 0 Å². The maximum atomic E-state index is 5.01. The third kappa shape index (κ3) is 4.56. The van der Waals surface area contributed by atoms with Crippen LogP contribution in [-0.4, -0.2) is 26.0 Å². The minimum atomic E-state index is 0.766. The van der Waals surface area contributed by atoms with Crippen LogP contribution >= 0.6 is 11.8 Å². The second-order valence-electron chi connectivity index (χ2n) is 3.71. The number of hydrogen-bond acceptors (Lipinski definition) is 3. The van der Waals surface area contributed by atoms with Crippen molar-refractivity contribution in [1.82, 2.24) is 5.32 Å². The molecule has 0 aliphatic rings. The number of thioether (sulfide) groups is 1. The average Bonchev–Trinajstić information content (AvgIpc) is 2.28. The molecule has 1 N–H and O–H groups in total. The summed E-state index contributed by atoms with van der Waals surface area (Å²) in [5.41, 5.74) is 2.71. The zero-order valence-electron chi connectivity index (χ0n) is 10.4. The lowest BCUT2D eigenvalue weighted by Crippen LogP contribution is -2.19. The first-order valence-corrected chi connectivity index (χ1v) is 6.68. The van der Waals surface area contributed by atoms with Gasteiger partial charge in [0.25, 0.3) is 0 Å². The summed E-state index contributed by atoms with van der Waals surface area (Å²) in [7, 11) is 1.73. The summed E-state index contributed by atoms with van der Waals surface area (Å²) in [6.07, 6.45) is 0. The Morgan fingerprint density at radius 3 is 2.88 bits per heavy atom. The van der Waals surface area contributed by atoms with Gasteiger partial charge in [0.05, 0.1) is 6.61 Å². The SMILES string of the molecule is CCSc1ccc(C)cc1CNCCOC. The van der Waals surface area contributed by atoms with Crippen LogP contribution in [0.1, 0.15) is 18.1 Å². The highest BCUT2D eigenvalue weighted by Gasteiger charge is 2.02. The quantitative estimate of drug-likeness (QED) is 0.584. The molecular weight excluding hydrogens is 218 g/mol. The highest BCUT2D eigenvalue weighted by molar-refractivity contribution is 7.99. The summed E-state index contributed by atoms with van der Waals surface area (Å²) in [4.78, 5) is 1.39. The molecule has 0 saturated carbocycles. The van der Waals surface area contributed by atoms with Crippen molar-refractivity contribution in [3.8, 4) is 0 Å². The lowest BCUT2D eigenvalue weighted by molar-refractivity contribution is 0.199. The van der Waals surface area contributed by atoms with Crippen LogP contribution in [-0.2, 0) is 11.3 Å². The van der Waals surface area contributed by atoms with Crippen molar-refractivity contribution in [1.29, 1.82) is 0 Å². The monoisotopic (exact) mass is 239 g/mol. The minimum absolute atomic E-state index is 0.766. The largest absolute Gasteiger partial charge is 0.383 e. The van der Waals surface area contributed by atoms with E-state index in [2.05, 4.69) is 37.4 Å². The second kappa shape index (κ2) is 7.71. The fourth-order valence-electron chi connectivity index (χ4n) is 1.54. The predicted molar refractivity (Wildman–Crippen MR) is 71.2 cm³/mol. The van der Waals surface area contributed by atoms with Gasteiger partial charge in [-0.3, -0.25) is 0 Å². The highest BCUT2D eigenvalue weighted by Crippen LogP contribution is 2.23. The van der Waals surface area contributed by atoms with Crippen molar-refractivity contribution in [3.05, 3.63) is 29.3 Å². The number of benzene rings is 1. The van der Waals surface area contributed by atoms with Crippen molar-refractivity contribution in [2.24, 2.45) is 0 Å². The van der Waals surface area contributed by atoms with Gasteiger partial charge in [-0.2, -0.15) is 0 Å². The first-order chi connectivity index (χ1) is 7.77. The van der Waals surface area contributed by atoms with Crippen molar-refractivity contribution in [2.45, 2.75) is 25.3 Å². The molecule has 0 aromatic heterocycles. The Bertz CT molecular complexity index is 315. The first-order valence-electron chi connectivity index (χ1n) is 5.70. The molecule has 0 saturated heterocycles. The Hall–Kier alpha value is -0.510. The van der Waals surface area contributed by atoms with Crippen molar-refractivity contribution >= 4 is 11.8 Å². The highest BCUT2D eigenvalue weighted by atomic mass is 32.2. The Morgan fingerprint density at radius 2 is 2.19 bits per heavy atom. The van der Waals surface area contributed by atoms with Crippen LogP contribution in [0.25, 0.3) is 0 Å². The van der Waals surface area contributed by atoms with E-state index in [-0.39, 0.29) is 0 Å². The number of rotatable bonds is 7. The smallest absolute Gasteiger partial charge is 0.0587 e. The molecule has 0 radical (unpaired) electrons. The molecular formula is C13H21NOS. The molecule has 0 amide bonds. The standard InChI is InChI=1S/C13H21NOS/c1-4-16-13-6-5-11(2)9-12(13)10-14-7-8-15-3/h5-6,9,14H,4,7-8,10H2,1-3H3. The molecule has 0 fully saturated rings. The van der Waals surface area contributed by atoms with Gasteiger partial charge in [-0.05, 0) is 24.3 Å². The number of ether oxygens (including phenoxy) is 1. The van der Waals surface area contributed by atoms with Crippen molar-refractivity contribution < 1.29 is 4.74 Å². The molecule has 2 nitrogen and oxygen atoms in total. The van der Waals surface area contributed by atoms with E-state index in [0.717, 1.165) is 25.4 Å². The molecule has 16 heavy (non-hydrogen) atoms. The molecule has 0 aliphatic heterocycles. The van der Waals surface area contributed by atoms with Crippen LogP contribution < -0.4 is 5.32 Å². The summed E-state index contributed by atoms with van der Waals surface area (Å²) in [6, 6.07) is 6.66. The third-order valence-corrected chi connectivity index (χ3v) is 3.31. The van der Waals surface area contributed by atoms with Gasteiger partial charge in [-0.1, -0.05) is 24.6 Å². The fourth-order valence-corrected chi connectivity index (χ4v) is 2.33. The van der Waals surface area contributed by atoms with Crippen molar-refractivity contribution in [2.75, 3.05) is 26.0 Å². The molecule has 1 aromatic rings. The van der Waals surface area contributed by atoms with E-state index in [4.69, 9.17) is 4.74 Å². The Morgan fingerprint density at radius 1 is 1.38 bits per heavy atom. The Balaban J connectivity index is 2.57. The molecule has 0 aliphatic carbocycles. The molecule has 0 unspecified atom stereocenters. The zero-order chi connectivity index (χ0) is 11.8. The number of nitrogens with one attached hydrogen (secondary N) is 1. The van der Waals surface area contributed by atoms with E-state index in [1.54, 1.807) is 7.11 Å². The molecule has 1 aromatic carbocycles. The molecule has 0 atom stereocenters. The minimum Gasteiger partial charge on any atom is -0.383 e. The first kappa shape index (κ1) is 13.6. The fraction of sp³-hybridized carbons (Fsp3) is 0.538. The van der Waals surface area contributed by atoms with Gasteiger partial charge in [0.2, 0.25) is 0 Å². The number of methoxy groups -OCH3 is 1. The van der Waals surface area contributed by atoms with Crippen LogP contribution in [0.15, 0.2) is 23.1 Å². The van der Waals surface area contributed by atoms with Crippen LogP contribution in [0.2, 0.25) is 0 Å². The Labute approximate surface area is 103 Å². The molecule has 3 heteroatoms. The lowest BCUT2D eigenvalue weighted by atomic mass is 10.1. The van der Waals surface area contributed by atoms with E-state index in [1.165, 1.54) is 16.0 Å². The summed E-state index contributed by atoms with van der Waals surface area (Å²) >= 11 is 1.90. The maximum Gasteiger partial charge on any atom is 0.0587 e. The van der Waals surface area contributed by atoms with Crippen LogP contribution in [0.3, 0.4) is 0 Å². The number of hydrogen-bond donors (Lipinski definition) is 1. The van der Waals surface area contributed by atoms with Gasteiger partial charge in [0.1, 0.15) is 0 Å².